The lowest BCUT2D eigenvalue weighted by Gasteiger charge is -2.08. The van der Waals surface area contributed by atoms with Gasteiger partial charge in [-0.15, -0.1) is 0 Å². The van der Waals surface area contributed by atoms with E-state index in [1.54, 1.807) is 6.08 Å². The van der Waals surface area contributed by atoms with Crippen molar-refractivity contribution in [3.63, 3.8) is 0 Å². The van der Waals surface area contributed by atoms with E-state index >= 15 is 0 Å². The van der Waals surface area contributed by atoms with Gasteiger partial charge in [-0.2, -0.15) is 0 Å². The Morgan fingerprint density at radius 1 is 1.00 bits per heavy atom. The smallest absolute Gasteiger partial charge is 0.119 e. The molecule has 1 N–H and O–H groups in total. The van der Waals surface area contributed by atoms with Crippen molar-refractivity contribution in [3.05, 3.63) is 54.1 Å². The lowest BCUT2D eigenvalue weighted by molar-refractivity contribution is 0.144. The number of rotatable bonds is 12. The summed E-state index contributed by atoms with van der Waals surface area (Å²) >= 11 is 0. The quantitative estimate of drug-likeness (QED) is 0.402. The lowest BCUT2D eigenvalue weighted by Crippen LogP contribution is -2.14. The third-order valence-corrected chi connectivity index (χ3v) is 3.75. The summed E-state index contributed by atoms with van der Waals surface area (Å²) in [4.78, 5) is 0. The first kappa shape index (κ1) is 19.5. The number of hydrogen-bond donors (Lipinski definition) is 1. The Bertz CT molecular complexity index is 445. The van der Waals surface area contributed by atoms with Crippen LogP contribution in [0.5, 0.6) is 5.75 Å². The molecule has 0 aliphatic rings. The van der Waals surface area contributed by atoms with Crippen LogP contribution in [0.4, 0.5) is 0 Å². The molecule has 1 aromatic carbocycles. The van der Waals surface area contributed by atoms with Crippen molar-refractivity contribution >= 4 is 0 Å². The second-order valence-corrected chi connectivity index (χ2v) is 6.06. The van der Waals surface area contributed by atoms with Gasteiger partial charge >= 0.3 is 0 Å². The van der Waals surface area contributed by atoms with Gasteiger partial charge in [0.15, 0.2) is 0 Å². The van der Waals surface area contributed by atoms with Crippen molar-refractivity contribution in [1.82, 2.24) is 0 Å². The Hall–Kier alpha value is -1.54. The van der Waals surface area contributed by atoms with E-state index in [-0.39, 0.29) is 6.61 Å². The molecule has 2 nitrogen and oxygen atoms in total. The minimum atomic E-state index is -0.574. The minimum Gasteiger partial charge on any atom is -0.491 e. The highest BCUT2D eigenvalue weighted by molar-refractivity contribution is 5.26. The zero-order valence-electron chi connectivity index (χ0n) is 14.7. The number of aryl methyl sites for hydroxylation is 1. The Morgan fingerprint density at radius 3 is 2.43 bits per heavy atom. The topological polar surface area (TPSA) is 29.5 Å². The van der Waals surface area contributed by atoms with Crippen LogP contribution >= 0.6 is 0 Å². The molecule has 0 spiro atoms. The van der Waals surface area contributed by atoms with Crippen molar-refractivity contribution in [2.45, 2.75) is 64.9 Å². The maximum atomic E-state index is 9.84. The van der Waals surface area contributed by atoms with Crippen molar-refractivity contribution in [3.8, 4) is 5.75 Å². The fourth-order valence-electron chi connectivity index (χ4n) is 2.28. The molecule has 1 rings (SSSR count). The van der Waals surface area contributed by atoms with Gasteiger partial charge in [0.05, 0.1) is 0 Å². The van der Waals surface area contributed by atoms with Gasteiger partial charge in [0.25, 0.3) is 0 Å². The molecular weight excluding hydrogens is 284 g/mol. The predicted molar refractivity (Wildman–Crippen MR) is 99.0 cm³/mol. The molecule has 0 aliphatic heterocycles. The highest BCUT2D eigenvalue weighted by atomic mass is 16.5. The van der Waals surface area contributed by atoms with E-state index in [1.807, 2.05) is 43.3 Å². The zero-order chi connectivity index (χ0) is 16.8. The Kier molecular flexibility index (Phi) is 11.0. The maximum Gasteiger partial charge on any atom is 0.119 e. The second kappa shape index (κ2) is 13.0. The summed E-state index contributed by atoms with van der Waals surface area (Å²) in [5.74, 6) is 0.793. The molecule has 0 saturated heterocycles. The van der Waals surface area contributed by atoms with E-state index in [9.17, 15) is 5.11 Å². The number of ether oxygens (including phenoxy) is 1. The van der Waals surface area contributed by atoms with Crippen LogP contribution in [0.15, 0.2) is 48.6 Å². The largest absolute Gasteiger partial charge is 0.491 e. The van der Waals surface area contributed by atoms with Crippen molar-refractivity contribution in [2.75, 3.05) is 6.61 Å². The number of aliphatic hydroxyl groups excluding tert-OH is 1. The third kappa shape index (κ3) is 10.8. The van der Waals surface area contributed by atoms with Gasteiger partial charge in [0.1, 0.15) is 18.5 Å². The van der Waals surface area contributed by atoms with E-state index < -0.39 is 6.10 Å². The van der Waals surface area contributed by atoms with Gasteiger partial charge < -0.3 is 9.84 Å². The molecule has 0 bridgehead atoms. The summed E-state index contributed by atoms with van der Waals surface area (Å²) < 4.78 is 5.54. The Balaban J connectivity index is 2.06. The van der Waals surface area contributed by atoms with Gasteiger partial charge in [0, 0.05) is 0 Å². The van der Waals surface area contributed by atoms with E-state index in [0.29, 0.717) is 0 Å². The standard InChI is InChI=1S/C21H32O2/c1-3-4-5-6-7-8-9-10-11-12-13-20(22)18-23-21-16-14-19(2)15-17-21/h10-17,20,22H,3-9,18H2,1-2H3/b11-10-,13-12+/t20-/m1/s1. The molecule has 0 unspecified atom stereocenters. The van der Waals surface area contributed by atoms with E-state index in [4.69, 9.17) is 4.74 Å². The summed E-state index contributed by atoms with van der Waals surface area (Å²) in [6.07, 6.45) is 16.4. The Labute approximate surface area is 141 Å². The molecule has 0 heterocycles. The summed E-state index contributed by atoms with van der Waals surface area (Å²) in [6.45, 7) is 4.57. The lowest BCUT2D eigenvalue weighted by atomic mass is 10.1. The molecule has 0 radical (unpaired) electrons. The monoisotopic (exact) mass is 316 g/mol. The van der Waals surface area contributed by atoms with E-state index in [0.717, 1.165) is 12.2 Å². The number of aliphatic hydroxyl groups is 1. The van der Waals surface area contributed by atoms with Crippen LogP contribution in [0.2, 0.25) is 0 Å². The summed E-state index contributed by atoms with van der Waals surface area (Å²) in [5.41, 5.74) is 1.20. The summed E-state index contributed by atoms with van der Waals surface area (Å²) in [7, 11) is 0. The Morgan fingerprint density at radius 2 is 1.70 bits per heavy atom. The number of hydrogen-bond acceptors (Lipinski definition) is 2. The molecule has 0 amide bonds. The van der Waals surface area contributed by atoms with Gasteiger partial charge in [-0.25, -0.2) is 0 Å². The third-order valence-electron chi connectivity index (χ3n) is 3.75. The maximum absolute atomic E-state index is 9.84. The molecule has 1 aromatic rings. The van der Waals surface area contributed by atoms with Crippen molar-refractivity contribution in [1.29, 1.82) is 0 Å². The van der Waals surface area contributed by atoms with Crippen LogP contribution in [0.25, 0.3) is 0 Å². The van der Waals surface area contributed by atoms with Gasteiger partial charge in [-0.05, 0) is 31.9 Å². The highest BCUT2D eigenvalue weighted by Crippen LogP contribution is 2.11. The molecule has 23 heavy (non-hydrogen) atoms. The predicted octanol–water partition coefficient (Wildman–Crippen LogP) is 5.60. The average Bonchev–Trinajstić information content (AvgIpc) is 2.56. The van der Waals surface area contributed by atoms with Crippen molar-refractivity contribution in [2.24, 2.45) is 0 Å². The van der Waals surface area contributed by atoms with Crippen LogP contribution in [0.1, 0.15) is 57.4 Å². The van der Waals surface area contributed by atoms with Crippen molar-refractivity contribution < 1.29 is 9.84 Å². The van der Waals surface area contributed by atoms with Crippen LogP contribution in [-0.4, -0.2) is 17.8 Å². The first-order valence-corrected chi connectivity index (χ1v) is 8.93. The summed E-state index contributed by atoms with van der Waals surface area (Å²) in [6, 6.07) is 7.85. The van der Waals surface area contributed by atoms with Crippen LogP contribution in [-0.2, 0) is 0 Å². The molecule has 1 atom stereocenters. The molecule has 0 aliphatic carbocycles. The van der Waals surface area contributed by atoms with Gasteiger partial charge in [0.2, 0.25) is 0 Å². The molecule has 0 aromatic heterocycles. The first-order chi connectivity index (χ1) is 11.2. The molecule has 0 fully saturated rings. The molecular formula is C21H32O2. The molecule has 2 heteroatoms. The van der Waals surface area contributed by atoms with Gasteiger partial charge in [-0.3, -0.25) is 0 Å². The van der Waals surface area contributed by atoms with Crippen LogP contribution in [0, 0.1) is 6.92 Å². The minimum absolute atomic E-state index is 0.283. The van der Waals surface area contributed by atoms with Gasteiger partial charge in [-0.1, -0.05) is 81.0 Å². The SMILES string of the molecule is CCCCCCCC/C=C\C=C\[C@@H](O)COc1ccc(C)cc1. The number of allylic oxidation sites excluding steroid dienone is 3. The normalized spacial score (nSPS) is 13.0. The summed E-state index contributed by atoms with van der Waals surface area (Å²) in [5, 5.41) is 9.84. The first-order valence-electron chi connectivity index (χ1n) is 8.93. The van der Waals surface area contributed by atoms with E-state index in [1.165, 1.54) is 44.1 Å². The second-order valence-electron chi connectivity index (χ2n) is 6.06. The number of unbranched alkanes of at least 4 members (excludes halogenated alkanes) is 6. The molecule has 0 saturated carbocycles. The fraction of sp³-hybridized carbons (Fsp3) is 0.524. The fourth-order valence-corrected chi connectivity index (χ4v) is 2.28. The van der Waals surface area contributed by atoms with Crippen LogP contribution in [0.3, 0.4) is 0 Å². The van der Waals surface area contributed by atoms with E-state index in [2.05, 4.69) is 13.0 Å². The average molecular weight is 316 g/mol. The van der Waals surface area contributed by atoms with Crippen LogP contribution < -0.4 is 4.74 Å². The highest BCUT2D eigenvalue weighted by Gasteiger charge is 1.99. The zero-order valence-corrected chi connectivity index (χ0v) is 14.7. The number of benzene rings is 1. The molecule has 128 valence electrons.